The van der Waals surface area contributed by atoms with Gasteiger partial charge in [0, 0.05) is 0 Å². The van der Waals surface area contributed by atoms with Crippen molar-refractivity contribution in [2.45, 2.75) is 113 Å². The Hall–Kier alpha value is -0.603. The fourth-order valence-electron chi connectivity index (χ4n) is 7.26. The van der Waals surface area contributed by atoms with E-state index in [1.807, 2.05) is 13.8 Å². The molecule has 0 atom stereocenters. The standard InChI is InChI=1S/C24H38OSi/c1-24(2,25)22-17-9-10-18-23(22)26(19-11-3-4-12-19,20-13-5-6-14-20)21-15-7-8-16-21/h9-10,17-21,25H,3-8,11-16H2,1-2H3. The average Bonchev–Trinajstić information content (AvgIpc) is 3.39. The van der Waals surface area contributed by atoms with Crippen molar-refractivity contribution < 1.29 is 5.11 Å². The van der Waals surface area contributed by atoms with Gasteiger partial charge in [0.05, 0.1) is 13.7 Å². The predicted octanol–water partition coefficient (Wildman–Crippen LogP) is 6.40. The van der Waals surface area contributed by atoms with E-state index in [9.17, 15) is 5.11 Å². The number of rotatable bonds is 5. The highest BCUT2D eigenvalue weighted by molar-refractivity contribution is 6.95. The van der Waals surface area contributed by atoms with Crippen LogP contribution in [-0.4, -0.2) is 13.2 Å². The van der Waals surface area contributed by atoms with Gasteiger partial charge in [0.2, 0.25) is 0 Å². The monoisotopic (exact) mass is 370 g/mol. The Kier molecular flexibility index (Phi) is 5.36. The first-order valence-corrected chi connectivity index (χ1v) is 13.6. The SMILES string of the molecule is CC(C)(O)c1ccccc1[Si](C1CCCC1)(C1CCCC1)C1CCCC1. The second kappa shape index (κ2) is 7.43. The Balaban J connectivity index is 1.92. The molecule has 0 unspecified atom stereocenters. The zero-order chi connectivity index (χ0) is 18.2. The van der Waals surface area contributed by atoms with E-state index in [0.29, 0.717) is 0 Å². The van der Waals surface area contributed by atoms with Crippen molar-refractivity contribution in [3.8, 4) is 0 Å². The molecule has 1 nitrogen and oxygen atoms in total. The number of benzene rings is 1. The van der Waals surface area contributed by atoms with E-state index in [-0.39, 0.29) is 0 Å². The number of hydrogen-bond acceptors (Lipinski definition) is 1. The first-order chi connectivity index (χ1) is 12.5. The van der Waals surface area contributed by atoms with Crippen LogP contribution in [0.5, 0.6) is 0 Å². The van der Waals surface area contributed by atoms with E-state index in [0.717, 1.165) is 16.6 Å². The summed E-state index contributed by atoms with van der Waals surface area (Å²) in [6.45, 7) is 4.03. The lowest BCUT2D eigenvalue weighted by Gasteiger charge is -2.49. The van der Waals surface area contributed by atoms with Gasteiger partial charge in [0.1, 0.15) is 0 Å². The van der Waals surface area contributed by atoms with Crippen molar-refractivity contribution in [3.05, 3.63) is 29.8 Å². The van der Waals surface area contributed by atoms with Crippen LogP contribution >= 0.6 is 0 Å². The zero-order valence-electron chi connectivity index (χ0n) is 17.0. The van der Waals surface area contributed by atoms with E-state index >= 15 is 0 Å². The quantitative estimate of drug-likeness (QED) is 0.594. The number of hydrogen-bond donors (Lipinski definition) is 1. The van der Waals surface area contributed by atoms with Crippen molar-refractivity contribution in [3.63, 3.8) is 0 Å². The molecule has 1 aromatic carbocycles. The highest BCUT2D eigenvalue weighted by Crippen LogP contribution is 2.58. The molecule has 3 aliphatic carbocycles. The molecule has 0 heterocycles. The van der Waals surface area contributed by atoms with E-state index in [2.05, 4.69) is 24.3 Å². The maximum atomic E-state index is 11.1. The summed E-state index contributed by atoms with van der Waals surface area (Å²) >= 11 is 0. The molecule has 0 aliphatic heterocycles. The van der Waals surface area contributed by atoms with Crippen LogP contribution in [0.3, 0.4) is 0 Å². The van der Waals surface area contributed by atoms with Crippen LogP contribution in [0, 0.1) is 0 Å². The largest absolute Gasteiger partial charge is 0.386 e. The van der Waals surface area contributed by atoms with E-state index < -0.39 is 13.7 Å². The molecule has 0 spiro atoms. The van der Waals surface area contributed by atoms with Crippen molar-refractivity contribution in [1.29, 1.82) is 0 Å². The summed E-state index contributed by atoms with van der Waals surface area (Å²) in [5.74, 6) is 0. The maximum absolute atomic E-state index is 11.1. The fourth-order valence-corrected chi connectivity index (χ4v) is 15.9. The molecule has 3 saturated carbocycles. The van der Waals surface area contributed by atoms with Gasteiger partial charge in [0.25, 0.3) is 0 Å². The summed E-state index contributed by atoms with van der Waals surface area (Å²) in [7, 11) is -1.69. The molecule has 3 fully saturated rings. The summed E-state index contributed by atoms with van der Waals surface area (Å²) in [5.41, 5.74) is 3.47. The second-order valence-corrected chi connectivity index (χ2v) is 14.8. The van der Waals surface area contributed by atoms with Crippen molar-refractivity contribution >= 4 is 13.3 Å². The van der Waals surface area contributed by atoms with Crippen LogP contribution in [0.2, 0.25) is 16.6 Å². The lowest BCUT2D eigenvalue weighted by molar-refractivity contribution is 0.0795. The third-order valence-electron chi connectivity index (χ3n) is 8.14. The number of aliphatic hydroxyl groups is 1. The third-order valence-corrected chi connectivity index (χ3v) is 15.3. The minimum Gasteiger partial charge on any atom is -0.386 e. The summed E-state index contributed by atoms with van der Waals surface area (Å²) in [6.07, 6.45) is 17.5. The highest BCUT2D eigenvalue weighted by atomic mass is 28.3. The molecule has 4 rings (SSSR count). The highest BCUT2D eigenvalue weighted by Gasteiger charge is 2.56. The molecular formula is C24H38OSi. The van der Waals surface area contributed by atoms with Gasteiger partial charge in [-0.15, -0.1) is 0 Å². The maximum Gasteiger partial charge on any atom is 0.0963 e. The normalized spacial score (nSPS) is 24.0. The van der Waals surface area contributed by atoms with Crippen molar-refractivity contribution in [2.24, 2.45) is 0 Å². The Morgan fingerprint density at radius 3 is 1.50 bits per heavy atom. The van der Waals surface area contributed by atoms with Crippen molar-refractivity contribution in [1.82, 2.24) is 0 Å². The third kappa shape index (κ3) is 3.11. The molecule has 0 bridgehead atoms. The van der Waals surface area contributed by atoms with Gasteiger partial charge in [-0.25, -0.2) is 0 Å². The van der Waals surface area contributed by atoms with Gasteiger partial charge in [-0.3, -0.25) is 0 Å². The van der Waals surface area contributed by atoms with Gasteiger partial charge >= 0.3 is 0 Å². The predicted molar refractivity (Wildman–Crippen MR) is 114 cm³/mol. The van der Waals surface area contributed by atoms with Gasteiger partial charge in [-0.05, 0) is 36.0 Å². The van der Waals surface area contributed by atoms with E-state index in [1.54, 1.807) is 5.19 Å². The molecule has 0 radical (unpaired) electrons. The minimum absolute atomic E-state index is 0.718. The Bertz CT molecular complexity index is 558. The second-order valence-electron chi connectivity index (χ2n) is 9.98. The summed E-state index contributed by atoms with van der Waals surface area (Å²) in [5, 5.41) is 12.8. The Morgan fingerprint density at radius 1 is 0.731 bits per heavy atom. The molecule has 1 N–H and O–H groups in total. The zero-order valence-corrected chi connectivity index (χ0v) is 18.0. The molecule has 26 heavy (non-hydrogen) atoms. The molecule has 0 amide bonds. The smallest absolute Gasteiger partial charge is 0.0963 e. The van der Waals surface area contributed by atoms with E-state index in [4.69, 9.17) is 0 Å². The van der Waals surface area contributed by atoms with Crippen LogP contribution in [0.1, 0.15) is 96.5 Å². The fraction of sp³-hybridized carbons (Fsp3) is 0.750. The van der Waals surface area contributed by atoms with Crippen LogP contribution in [0.4, 0.5) is 0 Å². The minimum atomic E-state index is -1.69. The molecule has 0 aromatic heterocycles. The first kappa shape index (κ1) is 18.7. The van der Waals surface area contributed by atoms with Gasteiger partial charge in [-0.1, -0.05) is 107 Å². The van der Waals surface area contributed by atoms with E-state index in [1.165, 1.54) is 82.6 Å². The van der Waals surface area contributed by atoms with Gasteiger partial charge in [0.15, 0.2) is 0 Å². The topological polar surface area (TPSA) is 20.2 Å². The average molecular weight is 371 g/mol. The lowest BCUT2D eigenvalue weighted by Crippen LogP contribution is -2.60. The summed E-state index contributed by atoms with van der Waals surface area (Å²) < 4.78 is 0. The van der Waals surface area contributed by atoms with Crippen LogP contribution in [0.25, 0.3) is 0 Å². The van der Waals surface area contributed by atoms with Crippen LogP contribution in [0.15, 0.2) is 24.3 Å². The van der Waals surface area contributed by atoms with Crippen LogP contribution in [-0.2, 0) is 5.60 Å². The lowest BCUT2D eigenvalue weighted by atomic mass is 9.98. The first-order valence-electron chi connectivity index (χ1n) is 11.4. The molecule has 0 saturated heterocycles. The molecule has 2 heteroatoms. The Labute approximate surface area is 161 Å². The van der Waals surface area contributed by atoms with Gasteiger partial charge < -0.3 is 5.11 Å². The van der Waals surface area contributed by atoms with Crippen LogP contribution < -0.4 is 5.19 Å². The summed E-state index contributed by atoms with van der Waals surface area (Å²) in [6, 6.07) is 9.18. The molecule has 144 valence electrons. The molecular weight excluding hydrogens is 332 g/mol. The summed E-state index contributed by atoms with van der Waals surface area (Å²) in [4.78, 5) is 0. The molecule has 1 aromatic rings. The molecule has 3 aliphatic rings. The van der Waals surface area contributed by atoms with Gasteiger partial charge in [-0.2, -0.15) is 0 Å². The Morgan fingerprint density at radius 2 is 1.12 bits per heavy atom. The van der Waals surface area contributed by atoms with Crippen molar-refractivity contribution in [2.75, 3.05) is 0 Å².